The molecule has 0 N–H and O–H groups in total. The number of aromatic nitrogens is 1. The fourth-order valence-electron chi connectivity index (χ4n) is 6.44. The molecule has 0 saturated heterocycles. The summed E-state index contributed by atoms with van der Waals surface area (Å²) in [5, 5.41) is 0. The summed E-state index contributed by atoms with van der Waals surface area (Å²) in [6.45, 7) is 8.95. The van der Waals surface area contributed by atoms with Crippen molar-refractivity contribution in [3.05, 3.63) is 115 Å². The van der Waals surface area contributed by atoms with Gasteiger partial charge in [0.05, 0.1) is 16.8 Å². The van der Waals surface area contributed by atoms with Gasteiger partial charge in [-0.15, -0.1) is 0 Å². The van der Waals surface area contributed by atoms with E-state index < -0.39 is 0 Å². The molecule has 0 atom stereocenters. The van der Waals surface area contributed by atoms with Gasteiger partial charge in [-0.1, -0.05) is 54.6 Å². The Morgan fingerprint density at radius 2 is 1.24 bits per heavy atom. The zero-order valence-electron chi connectivity index (χ0n) is 24.1. The largest absolute Gasteiger partial charge is 0.458 e. The molecule has 4 heterocycles. The molecular weight excluding hydrogens is 517 g/mol. The Bertz CT molecular complexity index is 1830. The van der Waals surface area contributed by atoms with Crippen molar-refractivity contribution in [1.82, 2.24) is 4.98 Å². The first-order valence-corrected chi connectivity index (χ1v) is 14.5. The van der Waals surface area contributed by atoms with Crippen molar-refractivity contribution in [2.45, 2.75) is 38.8 Å². The van der Waals surface area contributed by atoms with Gasteiger partial charge in [0, 0.05) is 28.5 Å². The Hall–Kier alpha value is -4.84. The molecule has 0 aliphatic carbocycles. The van der Waals surface area contributed by atoms with Crippen LogP contribution in [-0.2, 0) is 0 Å². The predicted molar refractivity (Wildman–Crippen MR) is 171 cm³/mol. The molecule has 3 aliphatic rings. The zero-order chi connectivity index (χ0) is 28.6. The van der Waals surface area contributed by atoms with Crippen molar-refractivity contribution < 1.29 is 9.47 Å². The first kappa shape index (κ1) is 24.9. The molecule has 5 aromatic rings. The van der Waals surface area contributed by atoms with Crippen LogP contribution >= 0.6 is 0 Å². The number of fused-ring (bicyclic) bond motifs is 4. The monoisotopic (exact) mass is 547 g/mol. The molecular formula is C36H30BN3O2. The first-order chi connectivity index (χ1) is 20.3. The minimum atomic E-state index is -0.282. The van der Waals surface area contributed by atoms with Crippen LogP contribution in [0, 0.1) is 0 Å². The third-order valence-electron chi connectivity index (χ3n) is 9.28. The van der Waals surface area contributed by atoms with Crippen LogP contribution in [0.1, 0.15) is 33.3 Å². The smallest absolute Gasteiger partial charge is 0.260 e. The highest BCUT2D eigenvalue weighted by Gasteiger charge is 2.49. The maximum absolute atomic E-state index is 6.48. The van der Waals surface area contributed by atoms with Crippen LogP contribution in [0.25, 0.3) is 11.3 Å². The molecule has 8 rings (SSSR count). The SMILES string of the molecule is CC1(C)N=C(c2ccc(-c3cc4c5c(c3)Oc3ccccc3B5c3ccccc3O4)nc2)N(c2ccccc2)C1(C)C. The van der Waals surface area contributed by atoms with Crippen molar-refractivity contribution in [3.63, 3.8) is 0 Å². The summed E-state index contributed by atoms with van der Waals surface area (Å²) >= 11 is 0. The quantitative estimate of drug-likeness (QED) is 0.244. The van der Waals surface area contributed by atoms with Crippen LogP contribution in [-0.4, -0.2) is 28.6 Å². The van der Waals surface area contributed by atoms with E-state index in [1.165, 1.54) is 0 Å². The average molecular weight is 547 g/mol. The lowest BCUT2D eigenvalue weighted by Crippen LogP contribution is -2.57. The molecule has 5 nitrogen and oxygen atoms in total. The number of amidine groups is 1. The lowest BCUT2D eigenvalue weighted by Gasteiger charge is -2.41. The van der Waals surface area contributed by atoms with Gasteiger partial charge in [-0.05, 0) is 87.2 Å². The number of pyridine rings is 1. The Labute approximate surface area is 246 Å². The molecule has 1 aromatic heterocycles. The lowest BCUT2D eigenvalue weighted by atomic mass is 9.35. The average Bonchev–Trinajstić information content (AvgIpc) is 3.20. The van der Waals surface area contributed by atoms with E-state index in [2.05, 4.69) is 105 Å². The fourth-order valence-corrected chi connectivity index (χ4v) is 6.44. The maximum Gasteiger partial charge on any atom is 0.260 e. The van der Waals surface area contributed by atoms with E-state index in [4.69, 9.17) is 19.5 Å². The van der Waals surface area contributed by atoms with E-state index >= 15 is 0 Å². The number of ether oxygens (including phenoxy) is 2. The van der Waals surface area contributed by atoms with Crippen LogP contribution in [0.15, 0.2) is 114 Å². The molecule has 0 saturated carbocycles. The number of hydrogen-bond donors (Lipinski definition) is 0. The Morgan fingerprint density at radius 1 is 0.643 bits per heavy atom. The number of anilines is 1. The molecule has 0 fully saturated rings. The highest BCUT2D eigenvalue weighted by molar-refractivity contribution is 6.98. The number of hydrogen-bond acceptors (Lipinski definition) is 5. The molecule has 0 amide bonds. The number of nitrogens with zero attached hydrogens (tertiary/aromatic N) is 3. The first-order valence-electron chi connectivity index (χ1n) is 14.5. The molecule has 4 aromatic carbocycles. The number of rotatable bonds is 3. The Morgan fingerprint density at radius 3 is 1.83 bits per heavy atom. The Kier molecular flexibility index (Phi) is 5.24. The minimum absolute atomic E-state index is 0.0605. The van der Waals surface area contributed by atoms with Gasteiger partial charge >= 0.3 is 0 Å². The number of aliphatic imine (C=N–C) groups is 1. The summed E-state index contributed by atoms with van der Waals surface area (Å²) in [5.74, 6) is 4.31. The second-order valence-electron chi connectivity index (χ2n) is 12.3. The molecule has 0 bridgehead atoms. The van der Waals surface area contributed by atoms with Crippen molar-refractivity contribution in [2.24, 2.45) is 4.99 Å². The van der Waals surface area contributed by atoms with E-state index in [0.29, 0.717) is 0 Å². The van der Waals surface area contributed by atoms with Gasteiger partial charge in [-0.2, -0.15) is 0 Å². The zero-order valence-corrected chi connectivity index (χ0v) is 24.1. The van der Waals surface area contributed by atoms with E-state index in [9.17, 15) is 0 Å². The second-order valence-corrected chi connectivity index (χ2v) is 12.3. The van der Waals surface area contributed by atoms with Crippen molar-refractivity contribution in [2.75, 3.05) is 4.90 Å². The lowest BCUT2D eigenvalue weighted by molar-refractivity contribution is 0.338. The van der Waals surface area contributed by atoms with Gasteiger partial charge in [0.2, 0.25) is 0 Å². The maximum atomic E-state index is 6.48. The van der Waals surface area contributed by atoms with E-state index in [1.807, 2.05) is 36.5 Å². The predicted octanol–water partition coefficient (Wildman–Crippen LogP) is 6.30. The summed E-state index contributed by atoms with van der Waals surface area (Å²) in [6, 6.07) is 35.4. The second kappa shape index (κ2) is 8.83. The van der Waals surface area contributed by atoms with Crippen LogP contribution in [0.5, 0.6) is 23.0 Å². The summed E-state index contributed by atoms with van der Waals surface area (Å²) in [7, 11) is 0. The molecule has 3 aliphatic heterocycles. The summed E-state index contributed by atoms with van der Waals surface area (Å²) in [5.41, 5.74) is 6.77. The third-order valence-corrected chi connectivity index (χ3v) is 9.28. The fraction of sp³-hybridized carbons (Fsp3) is 0.167. The number of benzene rings is 4. The summed E-state index contributed by atoms with van der Waals surface area (Å²) in [4.78, 5) is 12.5. The van der Waals surface area contributed by atoms with Crippen molar-refractivity contribution >= 4 is 34.6 Å². The van der Waals surface area contributed by atoms with Gasteiger partial charge in [-0.25, -0.2) is 0 Å². The van der Waals surface area contributed by atoms with Crippen LogP contribution < -0.4 is 30.8 Å². The van der Waals surface area contributed by atoms with Gasteiger partial charge in [0.15, 0.2) is 0 Å². The van der Waals surface area contributed by atoms with Gasteiger partial charge in [0.25, 0.3) is 6.71 Å². The Balaban J connectivity index is 1.20. The molecule has 42 heavy (non-hydrogen) atoms. The highest BCUT2D eigenvalue weighted by atomic mass is 16.5. The van der Waals surface area contributed by atoms with Crippen LogP contribution in [0.4, 0.5) is 5.69 Å². The van der Waals surface area contributed by atoms with E-state index in [-0.39, 0.29) is 17.8 Å². The van der Waals surface area contributed by atoms with Crippen molar-refractivity contribution in [1.29, 1.82) is 0 Å². The highest BCUT2D eigenvalue weighted by Crippen LogP contribution is 2.42. The molecule has 0 unspecified atom stereocenters. The number of para-hydroxylation sites is 3. The summed E-state index contributed by atoms with van der Waals surface area (Å²) < 4.78 is 13.0. The van der Waals surface area contributed by atoms with E-state index in [0.717, 1.165) is 67.7 Å². The summed E-state index contributed by atoms with van der Waals surface area (Å²) in [6.07, 6.45) is 1.93. The van der Waals surface area contributed by atoms with Gasteiger partial charge < -0.3 is 14.4 Å². The van der Waals surface area contributed by atoms with E-state index in [1.54, 1.807) is 0 Å². The minimum Gasteiger partial charge on any atom is -0.458 e. The normalized spacial score (nSPS) is 16.9. The van der Waals surface area contributed by atoms with Gasteiger partial charge in [0.1, 0.15) is 28.8 Å². The van der Waals surface area contributed by atoms with Gasteiger partial charge in [-0.3, -0.25) is 9.98 Å². The molecule has 6 heteroatoms. The van der Waals surface area contributed by atoms with Crippen molar-refractivity contribution in [3.8, 4) is 34.3 Å². The standard InChI is InChI=1S/C36H30BN3O2/c1-35(2)36(3,4)40(25-12-6-5-7-13-25)34(39-35)23-18-19-28(38-22-23)24-20-31-33-32(21-24)42-30-17-11-9-15-27(30)37(33)26-14-8-10-16-29(26)41-31/h5-22H,1-4H3. The topological polar surface area (TPSA) is 47.0 Å². The van der Waals surface area contributed by atoms with Crippen LogP contribution in [0.3, 0.4) is 0 Å². The molecule has 204 valence electrons. The third kappa shape index (κ3) is 3.57. The molecule has 0 spiro atoms. The molecule has 0 radical (unpaired) electrons. The van der Waals surface area contributed by atoms with Crippen LogP contribution in [0.2, 0.25) is 0 Å².